The fourth-order valence-electron chi connectivity index (χ4n) is 1.32. The molecule has 19 heavy (non-hydrogen) atoms. The van der Waals surface area contributed by atoms with E-state index in [0.29, 0.717) is 12.1 Å². The Bertz CT molecular complexity index is 518. The third kappa shape index (κ3) is 3.46. The molecule has 1 unspecified atom stereocenters. The van der Waals surface area contributed by atoms with Gasteiger partial charge >= 0.3 is 5.69 Å². The highest BCUT2D eigenvalue weighted by Crippen LogP contribution is 2.22. The number of carbonyl (C=O) groups is 1. The van der Waals surface area contributed by atoms with Gasteiger partial charge in [0.1, 0.15) is 5.82 Å². The van der Waals surface area contributed by atoms with Gasteiger partial charge in [-0.1, -0.05) is 13.8 Å². The summed E-state index contributed by atoms with van der Waals surface area (Å²) in [4.78, 5) is 21.2. The van der Waals surface area contributed by atoms with E-state index in [2.05, 4.69) is 5.32 Å². The van der Waals surface area contributed by atoms with E-state index in [0.717, 1.165) is 0 Å². The fraction of sp³-hybridized carbons (Fsp3) is 0.417. The van der Waals surface area contributed by atoms with Crippen LogP contribution in [-0.4, -0.2) is 16.9 Å². The number of nitro groups is 1. The van der Waals surface area contributed by atoms with E-state index >= 15 is 0 Å². The summed E-state index contributed by atoms with van der Waals surface area (Å²) in [5.74, 6) is -3.15. The van der Waals surface area contributed by atoms with Crippen LogP contribution in [0.4, 0.5) is 14.5 Å². The van der Waals surface area contributed by atoms with Gasteiger partial charge in [-0.3, -0.25) is 14.9 Å². The topological polar surface area (TPSA) is 72.2 Å². The summed E-state index contributed by atoms with van der Waals surface area (Å²) in [6.07, 6.45) is 0. The van der Waals surface area contributed by atoms with Crippen molar-refractivity contribution in [2.24, 2.45) is 5.92 Å². The molecule has 0 aliphatic heterocycles. The molecule has 0 saturated heterocycles. The highest BCUT2D eigenvalue weighted by molar-refractivity contribution is 5.95. The van der Waals surface area contributed by atoms with Gasteiger partial charge < -0.3 is 5.32 Å². The molecule has 0 aliphatic carbocycles. The van der Waals surface area contributed by atoms with E-state index < -0.39 is 33.7 Å². The van der Waals surface area contributed by atoms with Gasteiger partial charge in [-0.25, -0.2) is 4.39 Å². The second kappa shape index (κ2) is 5.73. The number of carbonyl (C=O) groups excluding carboxylic acids is 1. The van der Waals surface area contributed by atoms with E-state index in [-0.39, 0.29) is 12.0 Å². The number of halogens is 2. The molecule has 5 nitrogen and oxygen atoms in total. The lowest BCUT2D eigenvalue weighted by atomic mass is 10.1. The molecule has 0 heterocycles. The molecule has 1 aromatic rings. The molecular weight excluding hydrogens is 258 g/mol. The normalized spacial score (nSPS) is 12.3. The molecule has 1 N–H and O–H groups in total. The summed E-state index contributed by atoms with van der Waals surface area (Å²) < 4.78 is 26.9. The third-order valence-corrected chi connectivity index (χ3v) is 2.82. The lowest BCUT2D eigenvalue weighted by Gasteiger charge is -2.17. The summed E-state index contributed by atoms with van der Waals surface area (Å²) in [7, 11) is 0. The summed E-state index contributed by atoms with van der Waals surface area (Å²) in [5, 5.41) is 13.0. The molecule has 1 rings (SSSR count). The van der Waals surface area contributed by atoms with Gasteiger partial charge in [-0.2, -0.15) is 4.39 Å². The van der Waals surface area contributed by atoms with Gasteiger partial charge in [-0.05, 0) is 18.9 Å². The number of nitrogens with zero attached hydrogens (tertiary/aromatic N) is 1. The Balaban J connectivity index is 3.13. The zero-order valence-corrected chi connectivity index (χ0v) is 10.7. The van der Waals surface area contributed by atoms with Crippen molar-refractivity contribution in [3.05, 3.63) is 39.4 Å². The smallest absolute Gasteiger partial charge is 0.308 e. The lowest BCUT2D eigenvalue weighted by molar-refractivity contribution is -0.387. The van der Waals surface area contributed by atoms with E-state index in [1.54, 1.807) is 6.92 Å². The average Bonchev–Trinajstić information content (AvgIpc) is 2.30. The molecule has 0 aliphatic rings. The van der Waals surface area contributed by atoms with Crippen molar-refractivity contribution >= 4 is 11.6 Å². The van der Waals surface area contributed by atoms with Crippen molar-refractivity contribution in [3.63, 3.8) is 0 Å². The first-order chi connectivity index (χ1) is 8.73. The van der Waals surface area contributed by atoms with Crippen LogP contribution in [0.2, 0.25) is 0 Å². The minimum Gasteiger partial charge on any atom is -0.349 e. The van der Waals surface area contributed by atoms with Crippen molar-refractivity contribution in [1.29, 1.82) is 0 Å². The Morgan fingerprint density at radius 1 is 1.32 bits per heavy atom. The SMILES string of the molecule is CC(C)C(C)NC(=O)c1cc(F)cc([N+](=O)[O-])c1F. The van der Waals surface area contributed by atoms with E-state index in [9.17, 15) is 23.7 Å². The molecule has 1 aromatic carbocycles. The quantitative estimate of drug-likeness (QED) is 0.676. The van der Waals surface area contributed by atoms with Crippen molar-refractivity contribution < 1.29 is 18.5 Å². The molecule has 1 atom stereocenters. The van der Waals surface area contributed by atoms with Crippen LogP contribution in [0.5, 0.6) is 0 Å². The maximum Gasteiger partial charge on any atom is 0.308 e. The van der Waals surface area contributed by atoms with Crippen molar-refractivity contribution in [2.75, 3.05) is 0 Å². The Hall–Kier alpha value is -2.05. The Morgan fingerprint density at radius 3 is 2.37 bits per heavy atom. The number of amides is 1. The molecule has 0 spiro atoms. The van der Waals surface area contributed by atoms with Gasteiger partial charge in [0, 0.05) is 6.04 Å². The van der Waals surface area contributed by atoms with Crippen LogP contribution >= 0.6 is 0 Å². The van der Waals surface area contributed by atoms with Gasteiger partial charge in [-0.15, -0.1) is 0 Å². The first-order valence-corrected chi connectivity index (χ1v) is 5.68. The van der Waals surface area contributed by atoms with Crippen molar-refractivity contribution in [1.82, 2.24) is 5.32 Å². The summed E-state index contributed by atoms with van der Waals surface area (Å²) in [6, 6.07) is 0.817. The van der Waals surface area contributed by atoms with Crippen molar-refractivity contribution in [3.8, 4) is 0 Å². The molecular formula is C12H14F2N2O3. The van der Waals surface area contributed by atoms with Crippen LogP contribution in [0.3, 0.4) is 0 Å². The van der Waals surface area contributed by atoms with Crippen LogP contribution in [0.25, 0.3) is 0 Å². The lowest BCUT2D eigenvalue weighted by Crippen LogP contribution is -2.36. The minimum absolute atomic E-state index is 0.0931. The molecule has 0 bridgehead atoms. The third-order valence-electron chi connectivity index (χ3n) is 2.82. The Labute approximate surface area is 108 Å². The van der Waals surface area contributed by atoms with Gasteiger partial charge in [0.2, 0.25) is 5.82 Å². The second-order valence-electron chi connectivity index (χ2n) is 4.55. The van der Waals surface area contributed by atoms with Crippen LogP contribution in [0.15, 0.2) is 12.1 Å². The van der Waals surface area contributed by atoms with Crippen LogP contribution in [0.1, 0.15) is 31.1 Å². The second-order valence-corrected chi connectivity index (χ2v) is 4.55. The van der Waals surface area contributed by atoms with E-state index in [1.807, 2.05) is 13.8 Å². The highest BCUT2D eigenvalue weighted by Gasteiger charge is 2.25. The summed E-state index contributed by atoms with van der Waals surface area (Å²) >= 11 is 0. The zero-order valence-electron chi connectivity index (χ0n) is 10.7. The Morgan fingerprint density at radius 2 is 1.89 bits per heavy atom. The molecule has 104 valence electrons. The average molecular weight is 272 g/mol. The zero-order chi connectivity index (χ0) is 14.7. The minimum atomic E-state index is -1.33. The standard InChI is InChI=1S/C12H14F2N2O3/c1-6(2)7(3)15-12(17)9-4-8(13)5-10(11(9)14)16(18)19/h4-7H,1-3H3,(H,15,17). The molecule has 0 radical (unpaired) electrons. The fourth-order valence-corrected chi connectivity index (χ4v) is 1.32. The monoisotopic (exact) mass is 272 g/mol. The molecule has 0 saturated carbocycles. The molecule has 1 amide bonds. The van der Waals surface area contributed by atoms with Crippen LogP contribution in [-0.2, 0) is 0 Å². The van der Waals surface area contributed by atoms with Gasteiger partial charge in [0.05, 0.1) is 16.6 Å². The summed E-state index contributed by atoms with van der Waals surface area (Å²) in [5.41, 5.74) is -1.72. The Kier molecular flexibility index (Phi) is 4.52. The van der Waals surface area contributed by atoms with Crippen molar-refractivity contribution in [2.45, 2.75) is 26.8 Å². The van der Waals surface area contributed by atoms with Crippen LogP contribution in [0, 0.1) is 27.7 Å². The first kappa shape index (κ1) is 15.0. The number of hydrogen-bond donors (Lipinski definition) is 1. The van der Waals surface area contributed by atoms with Crippen LogP contribution < -0.4 is 5.32 Å². The maximum atomic E-state index is 13.7. The predicted octanol–water partition coefficient (Wildman–Crippen LogP) is 2.65. The molecule has 0 fully saturated rings. The largest absolute Gasteiger partial charge is 0.349 e. The first-order valence-electron chi connectivity index (χ1n) is 5.68. The number of nitrogens with one attached hydrogen (secondary N) is 1. The summed E-state index contributed by atoms with van der Waals surface area (Å²) in [6.45, 7) is 5.39. The predicted molar refractivity (Wildman–Crippen MR) is 64.8 cm³/mol. The van der Waals surface area contributed by atoms with E-state index in [4.69, 9.17) is 0 Å². The highest BCUT2D eigenvalue weighted by atomic mass is 19.1. The molecule has 7 heteroatoms. The number of nitro benzene ring substituents is 1. The number of rotatable bonds is 4. The van der Waals surface area contributed by atoms with Gasteiger partial charge in [0.25, 0.3) is 5.91 Å². The van der Waals surface area contributed by atoms with E-state index in [1.165, 1.54) is 0 Å². The molecule has 0 aromatic heterocycles. The maximum absolute atomic E-state index is 13.7. The number of benzene rings is 1. The number of hydrogen-bond acceptors (Lipinski definition) is 3. The van der Waals surface area contributed by atoms with Gasteiger partial charge in [0.15, 0.2) is 0 Å².